The zero-order chi connectivity index (χ0) is 24.2. The molecule has 4 rings (SSSR count). The molecule has 8 nitrogen and oxygen atoms in total. The molecule has 0 amide bonds. The lowest BCUT2D eigenvalue weighted by Crippen LogP contribution is -2.14. The first-order valence-electron chi connectivity index (χ1n) is 10.4. The molecule has 0 saturated carbocycles. The Balaban J connectivity index is 1.89. The predicted octanol–water partition coefficient (Wildman–Crippen LogP) is 4.51. The number of methoxy groups -OCH3 is 2. The molecule has 0 aliphatic heterocycles. The number of nitrogens with zero attached hydrogens (tertiary/aromatic N) is 2. The van der Waals surface area contributed by atoms with E-state index in [1.807, 2.05) is 19.1 Å². The summed E-state index contributed by atoms with van der Waals surface area (Å²) in [5, 5.41) is 17.8. The molecule has 34 heavy (non-hydrogen) atoms. The highest BCUT2D eigenvalue weighted by Gasteiger charge is 2.25. The van der Waals surface area contributed by atoms with Crippen molar-refractivity contribution >= 4 is 28.4 Å². The van der Waals surface area contributed by atoms with Gasteiger partial charge in [-0.1, -0.05) is 18.2 Å². The molecule has 0 aliphatic rings. The Kier molecular flexibility index (Phi) is 6.40. The molecule has 1 heterocycles. The molecule has 0 fully saturated rings. The Morgan fingerprint density at radius 2 is 1.59 bits per heavy atom. The first-order valence-corrected chi connectivity index (χ1v) is 10.4. The number of ketones is 1. The molecule has 0 bridgehead atoms. The number of rotatable bonds is 8. The van der Waals surface area contributed by atoms with Gasteiger partial charge in [0.2, 0.25) is 0 Å². The first kappa shape index (κ1) is 22.7. The number of carbonyl (C=O) groups is 2. The van der Waals surface area contributed by atoms with Gasteiger partial charge in [0.15, 0.2) is 5.78 Å². The Morgan fingerprint density at radius 1 is 0.882 bits per heavy atom. The summed E-state index contributed by atoms with van der Waals surface area (Å²) in [5.74, 6) is -0.321. The summed E-state index contributed by atoms with van der Waals surface area (Å²) in [7, 11) is 3.11. The summed E-state index contributed by atoms with van der Waals surface area (Å²) in [6.07, 6.45) is 0.104. The van der Waals surface area contributed by atoms with Gasteiger partial charge in [0.25, 0.3) is 0 Å². The van der Waals surface area contributed by atoms with Crippen LogP contribution in [0, 0.1) is 6.92 Å². The number of aryl methyl sites for hydroxylation is 1. The normalized spacial score (nSPS) is 11.7. The molecular formula is C26H22N2O6. The average molecular weight is 458 g/mol. The summed E-state index contributed by atoms with van der Waals surface area (Å²) in [4.78, 5) is 26.2. The van der Waals surface area contributed by atoms with E-state index in [0.29, 0.717) is 33.7 Å². The van der Waals surface area contributed by atoms with E-state index in [1.165, 1.54) is 7.11 Å². The van der Waals surface area contributed by atoms with E-state index in [-0.39, 0.29) is 17.6 Å². The highest BCUT2D eigenvalue weighted by atomic mass is 16.6. The number of aliphatic carboxylic acids is 1. The SMILES string of the molecule is COc1ccc(C(=O)/C(Cc2ccc(OC)c(C)c2)=C(/C(=O)O)c2ccc3nonc3c2)cc1. The molecule has 0 spiro atoms. The van der Waals surface area contributed by atoms with Gasteiger partial charge < -0.3 is 14.6 Å². The summed E-state index contributed by atoms with van der Waals surface area (Å²) in [5.41, 5.74) is 3.25. The minimum Gasteiger partial charge on any atom is -0.497 e. The van der Waals surface area contributed by atoms with Gasteiger partial charge in [0.1, 0.15) is 22.5 Å². The number of Topliss-reactive ketones (excluding diaryl/α,β-unsaturated/α-hetero) is 1. The van der Waals surface area contributed by atoms with Crippen LogP contribution >= 0.6 is 0 Å². The van der Waals surface area contributed by atoms with Crippen LogP contribution in [0.3, 0.4) is 0 Å². The number of ether oxygens (including phenoxy) is 2. The maximum atomic E-state index is 13.7. The zero-order valence-corrected chi connectivity index (χ0v) is 18.9. The summed E-state index contributed by atoms with van der Waals surface area (Å²) >= 11 is 0. The molecule has 1 aromatic heterocycles. The summed E-state index contributed by atoms with van der Waals surface area (Å²) in [6.45, 7) is 1.89. The topological polar surface area (TPSA) is 112 Å². The van der Waals surface area contributed by atoms with Crippen LogP contribution in [0.15, 0.2) is 70.9 Å². The second kappa shape index (κ2) is 9.58. The van der Waals surface area contributed by atoms with E-state index >= 15 is 0 Å². The van der Waals surface area contributed by atoms with Crippen molar-refractivity contribution in [3.63, 3.8) is 0 Å². The Morgan fingerprint density at radius 3 is 2.24 bits per heavy atom. The molecule has 8 heteroatoms. The molecule has 0 unspecified atom stereocenters. The number of carboxylic acid groups (broad SMARTS) is 1. The standard InChI is InChI=1S/C26H22N2O6/c1-15-12-16(4-11-23(15)33-3)13-20(25(29)17-5-8-19(32-2)9-6-17)24(26(30)31)18-7-10-21-22(14-18)28-34-27-21/h4-12,14H,13H2,1-3H3,(H,30,31)/b24-20+. The molecule has 3 aromatic carbocycles. The first-order chi connectivity index (χ1) is 16.4. The number of carbonyl (C=O) groups excluding carboxylic acids is 1. The second-order valence-corrected chi connectivity index (χ2v) is 7.66. The van der Waals surface area contributed by atoms with Crippen LogP contribution < -0.4 is 9.47 Å². The van der Waals surface area contributed by atoms with Crippen molar-refractivity contribution in [1.82, 2.24) is 10.3 Å². The van der Waals surface area contributed by atoms with E-state index in [2.05, 4.69) is 10.3 Å². The molecule has 0 aliphatic carbocycles. The smallest absolute Gasteiger partial charge is 0.336 e. The predicted molar refractivity (Wildman–Crippen MR) is 125 cm³/mol. The lowest BCUT2D eigenvalue weighted by Gasteiger charge is -2.14. The van der Waals surface area contributed by atoms with Crippen molar-refractivity contribution in [2.24, 2.45) is 0 Å². The molecule has 172 valence electrons. The number of carboxylic acids is 1. The van der Waals surface area contributed by atoms with Gasteiger partial charge in [-0.05, 0) is 76.4 Å². The van der Waals surface area contributed by atoms with Crippen LogP contribution in [-0.2, 0) is 11.2 Å². The van der Waals surface area contributed by atoms with Gasteiger partial charge in [-0.3, -0.25) is 4.79 Å². The Hall–Kier alpha value is -4.46. The van der Waals surface area contributed by atoms with Crippen LogP contribution in [0.5, 0.6) is 11.5 Å². The number of allylic oxidation sites excluding steroid dienone is 1. The van der Waals surface area contributed by atoms with Crippen LogP contribution in [0.4, 0.5) is 0 Å². The van der Waals surface area contributed by atoms with Crippen LogP contribution in [0.1, 0.15) is 27.0 Å². The molecule has 0 radical (unpaired) electrons. The quantitative estimate of drug-likeness (QED) is 0.303. The maximum absolute atomic E-state index is 13.7. The third kappa shape index (κ3) is 4.52. The van der Waals surface area contributed by atoms with Crippen LogP contribution in [0.2, 0.25) is 0 Å². The molecule has 0 saturated heterocycles. The fraction of sp³-hybridized carbons (Fsp3) is 0.154. The fourth-order valence-corrected chi connectivity index (χ4v) is 3.82. The van der Waals surface area contributed by atoms with E-state index in [1.54, 1.807) is 55.6 Å². The van der Waals surface area contributed by atoms with Gasteiger partial charge in [-0.2, -0.15) is 0 Å². The van der Waals surface area contributed by atoms with Gasteiger partial charge in [0, 0.05) is 17.6 Å². The van der Waals surface area contributed by atoms with Gasteiger partial charge in [-0.25, -0.2) is 9.42 Å². The van der Waals surface area contributed by atoms with E-state index in [4.69, 9.17) is 14.1 Å². The van der Waals surface area contributed by atoms with E-state index in [0.717, 1.165) is 11.1 Å². The average Bonchev–Trinajstić information content (AvgIpc) is 3.31. The van der Waals surface area contributed by atoms with E-state index in [9.17, 15) is 14.7 Å². The van der Waals surface area contributed by atoms with Crippen molar-refractivity contribution in [3.05, 3.63) is 88.5 Å². The lowest BCUT2D eigenvalue weighted by atomic mass is 9.89. The van der Waals surface area contributed by atoms with Crippen molar-refractivity contribution < 1.29 is 28.8 Å². The van der Waals surface area contributed by atoms with Gasteiger partial charge in [0.05, 0.1) is 19.8 Å². The number of aromatic nitrogens is 2. The van der Waals surface area contributed by atoms with Gasteiger partial charge >= 0.3 is 5.97 Å². The lowest BCUT2D eigenvalue weighted by molar-refractivity contribution is -0.130. The minimum atomic E-state index is -1.22. The third-order valence-corrected chi connectivity index (χ3v) is 5.52. The zero-order valence-electron chi connectivity index (χ0n) is 18.9. The van der Waals surface area contributed by atoms with Crippen molar-refractivity contribution in [3.8, 4) is 11.5 Å². The largest absolute Gasteiger partial charge is 0.497 e. The van der Waals surface area contributed by atoms with Crippen molar-refractivity contribution in [2.75, 3.05) is 14.2 Å². The number of benzene rings is 3. The molecule has 4 aromatic rings. The number of hydrogen-bond acceptors (Lipinski definition) is 7. The Bertz CT molecular complexity index is 1400. The van der Waals surface area contributed by atoms with Crippen LogP contribution in [-0.4, -0.2) is 41.4 Å². The maximum Gasteiger partial charge on any atom is 0.336 e. The number of hydrogen-bond donors (Lipinski definition) is 1. The summed E-state index contributed by atoms with van der Waals surface area (Å²) in [6, 6.07) is 16.8. The molecule has 1 N–H and O–H groups in total. The van der Waals surface area contributed by atoms with Crippen molar-refractivity contribution in [2.45, 2.75) is 13.3 Å². The summed E-state index contributed by atoms with van der Waals surface area (Å²) < 4.78 is 15.2. The second-order valence-electron chi connectivity index (χ2n) is 7.66. The minimum absolute atomic E-state index is 0.104. The third-order valence-electron chi connectivity index (χ3n) is 5.52. The monoisotopic (exact) mass is 458 g/mol. The molecule has 0 atom stereocenters. The highest BCUT2D eigenvalue weighted by Crippen LogP contribution is 2.29. The Labute approximate surface area is 195 Å². The highest BCUT2D eigenvalue weighted by molar-refractivity contribution is 6.26. The van der Waals surface area contributed by atoms with Crippen molar-refractivity contribution in [1.29, 1.82) is 0 Å². The van der Waals surface area contributed by atoms with Gasteiger partial charge in [-0.15, -0.1) is 0 Å². The van der Waals surface area contributed by atoms with E-state index < -0.39 is 11.8 Å². The fourth-order valence-electron chi connectivity index (χ4n) is 3.82. The van der Waals surface area contributed by atoms with Crippen LogP contribution in [0.25, 0.3) is 16.6 Å². The number of fused-ring (bicyclic) bond motifs is 1. The molecular weight excluding hydrogens is 436 g/mol.